The standard InChI is InChI=1S/C11H26N4O/c1-2-9(5-3-7-12)15-11(16)10(14)6-4-8-13/h9-10H,2-8,12-14H2,1H3,(H,15,16). The fourth-order valence-electron chi connectivity index (χ4n) is 1.52. The third-order valence-electron chi connectivity index (χ3n) is 2.65. The lowest BCUT2D eigenvalue weighted by Gasteiger charge is -2.19. The van der Waals surface area contributed by atoms with Gasteiger partial charge in [0.25, 0.3) is 0 Å². The van der Waals surface area contributed by atoms with Gasteiger partial charge in [-0.1, -0.05) is 6.92 Å². The smallest absolute Gasteiger partial charge is 0.237 e. The van der Waals surface area contributed by atoms with Gasteiger partial charge >= 0.3 is 0 Å². The molecule has 0 saturated heterocycles. The minimum atomic E-state index is -0.435. The molecule has 0 radical (unpaired) electrons. The maximum Gasteiger partial charge on any atom is 0.237 e. The van der Waals surface area contributed by atoms with Crippen LogP contribution in [0.5, 0.6) is 0 Å². The molecule has 0 aliphatic carbocycles. The number of carbonyl (C=O) groups excluding carboxylic acids is 1. The number of nitrogens with two attached hydrogens (primary N) is 3. The Bertz CT molecular complexity index is 187. The summed E-state index contributed by atoms with van der Waals surface area (Å²) in [6.45, 7) is 3.28. The van der Waals surface area contributed by atoms with Crippen LogP contribution in [0.3, 0.4) is 0 Å². The van der Waals surface area contributed by atoms with Crippen LogP contribution < -0.4 is 22.5 Å². The van der Waals surface area contributed by atoms with Crippen molar-refractivity contribution in [2.45, 2.75) is 51.1 Å². The van der Waals surface area contributed by atoms with Gasteiger partial charge in [0.1, 0.15) is 0 Å². The van der Waals surface area contributed by atoms with Crippen LogP contribution in [-0.4, -0.2) is 31.1 Å². The van der Waals surface area contributed by atoms with E-state index in [1.807, 2.05) is 6.92 Å². The molecular weight excluding hydrogens is 204 g/mol. The molecular formula is C11H26N4O. The van der Waals surface area contributed by atoms with Gasteiger partial charge in [-0.2, -0.15) is 0 Å². The molecule has 2 unspecified atom stereocenters. The van der Waals surface area contributed by atoms with Crippen LogP contribution in [-0.2, 0) is 4.79 Å². The summed E-state index contributed by atoms with van der Waals surface area (Å²) >= 11 is 0. The van der Waals surface area contributed by atoms with Crippen molar-refractivity contribution in [3.63, 3.8) is 0 Å². The molecule has 0 rings (SSSR count). The Kier molecular flexibility index (Phi) is 9.18. The van der Waals surface area contributed by atoms with E-state index in [0.717, 1.165) is 25.7 Å². The van der Waals surface area contributed by atoms with Gasteiger partial charge in [0, 0.05) is 6.04 Å². The first-order valence-electron chi connectivity index (χ1n) is 6.11. The summed E-state index contributed by atoms with van der Waals surface area (Å²) in [5, 5.41) is 2.95. The number of amides is 1. The zero-order chi connectivity index (χ0) is 12.4. The van der Waals surface area contributed by atoms with Gasteiger partial charge in [0.2, 0.25) is 5.91 Å². The maximum atomic E-state index is 11.7. The van der Waals surface area contributed by atoms with Gasteiger partial charge < -0.3 is 22.5 Å². The van der Waals surface area contributed by atoms with Crippen molar-refractivity contribution >= 4 is 5.91 Å². The average molecular weight is 230 g/mol. The second kappa shape index (κ2) is 9.57. The topological polar surface area (TPSA) is 107 Å². The van der Waals surface area contributed by atoms with Crippen molar-refractivity contribution in [1.29, 1.82) is 0 Å². The van der Waals surface area contributed by atoms with Gasteiger partial charge in [-0.3, -0.25) is 4.79 Å². The van der Waals surface area contributed by atoms with Crippen molar-refractivity contribution < 1.29 is 4.79 Å². The SMILES string of the molecule is CCC(CCCN)NC(=O)C(N)CCCN. The Hall–Kier alpha value is -0.650. The van der Waals surface area contributed by atoms with Crippen molar-refractivity contribution in [2.24, 2.45) is 17.2 Å². The average Bonchev–Trinajstić information content (AvgIpc) is 2.30. The van der Waals surface area contributed by atoms with E-state index in [2.05, 4.69) is 5.32 Å². The Balaban J connectivity index is 3.88. The molecule has 0 saturated carbocycles. The lowest BCUT2D eigenvalue weighted by molar-refractivity contribution is -0.123. The molecule has 0 aromatic carbocycles. The Labute approximate surface area is 98.1 Å². The summed E-state index contributed by atoms with van der Waals surface area (Å²) < 4.78 is 0. The first-order valence-corrected chi connectivity index (χ1v) is 6.11. The first kappa shape index (κ1) is 15.3. The maximum absolute atomic E-state index is 11.7. The Morgan fingerprint density at radius 1 is 1.19 bits per heavy atom. The number of hydrogen-bond donors (Lipinski definition) is 4. The van der Waals surface area contributed by atoms with E-state index in [1.165, 1.54) is 0 Å². The summed E-state index contributed by atoms with van der Waals surface area (Å²) in [4.78, 5) is 11.7. The fraction of sp³-hybridized carbons (Fsp3) is 0.909. The highest BCUT2D eigenvalue weighted by Gasteiger charge is 2.16. The van der Waals surface area contributed by atoms with Crippen LogP contribution in [0.15, 0.2) is 0 Å². The van der Waals surface area contributed by atoms with E-state index in [0.29, 0.717) is 19.5 Å². The fourth-order valence-corrected chi connectivity index (χ4v) is 1.52. The molecule has 0 aliphatic heterocycles. The predicted octanol–water partition coefficient (Wildman–Crippen LogP) is -0.314. The molecule has 0 fully saturated rings. The van der Waals surface area contributed by atoms with Crippen LogP contribution in [0, 0.1) is 0 Å². The molecule has 16 heavy (non-hydrogen) atoms. The normalized spacial score (nSPS) is 14.5. The Morgan fingerprint density at radius 2 is 1.75 bits per heavy atom. The number of hydrogen-bond acceptors (Lipinski definition) is 4. The summed E-state index contributed by atoms with van der Waals surface area (Å²) in [5.74, 6) is -0.0719. The quantitative estimate of drug-likeness (QED) is 0.435. The molecule has 0 aliphatic rings. The highest BCUT2D eigenvalue weighted by atomic mass is 16.2. The molecule has 0 aromatic heterocycles. The van der Waals surface area contributed by atoms with Crippen molar-refractivity contribution in [2.75, 3.05) is 13.1 Å². The monoisotopic (exact) mass is 230 g/mol. The number of nitrogens with one attached hydrogen (secondary N) is 1. The summed E-state index contributed by atoms with van der Waals surface area (Å²) in [6.07, 6.45) is 4.19. The van der Waals surface area contributed by atoms with E-state index in [1.54, 1.807) is 0 Å². The zero-order valence-electron chi connectivity index (χ0n) is 10.2. The highest BCUT2D eigenvalue weighted by Crippen LogP contribution is 2.02. The molecule has 5 nitrogen and oxygen atoms in total. The van der Waals surface area contributed by atoms with E-state index < -0.39 is 6.04 Å². The minimum absolute atomic E-state index is 0.0719. The lowest BCUT2D eigenvalue weighted by Crippen LogP contribution is -2.45. The van der Waals surface area contributed by atoms with Gasteiger partial charge in [0.15, 0.2) is 0 Å². The van der Waals surface area contributed by atoms with Gasteiger partial charge in [0.05, 0.1) is 6.04 Å². The van der Waals surface area contributed by atoms with Gasteiger partial charge in [-0.05, 0) is 45.2 Å². The van der Waals surface area contributed by atoms with Crippen LogP contribution >= 0.6 is 0 Å². The molecule has 7 N–H and O–H groups in total. The summed E-state index contributed by atoms with van der Waals surface area (Å²) in [5.41, 5.74) is 16.5. The molecule has 0 bridgehead atoms. The van der Waals surface area contributed by atoms with E-state index in [9.17, 15) is 4.79 Å². The molecule has 0 aromatic rings. The number of rotatable bonds is 9. The minimum Gasteiger partial charge on any atom is -0.352 e. The third kappa shape index (κ3) is 6.76. The zero-order valence-corrected chi connectivity index (χ0v) is 10.2. The third-order valence-corrected chi connectivity index (χ3v) is 2.65. The van der Waals surface area contributed by atoms with Crippen molar-refractivity contribution in [3.05, 3.63) is 0 Å². The molecule has 0 spiro atoms. The molecule has 1 amide bonds. The van der Waals surface area contributed by atoms with E-state index in [4.69, 9.17) is 17.2 Å². The molecule has 2 atom stereocenters. The molecule has 5 heteroatoms. The first-order chi connectivity index (χ1) is 7.65. The highest BCUT2D eigenvalue weighted by molar-refractivity contribution is 5.81. The van der Waals surface area contributed by atoms with Gasteiger partial charge in [-0.15, -0.1) is 0 Å². The van der Waals surface area contributed by atoms with E-state index in [-0.39, 0.29) is 11.9 Å². The Morgan fingerprint density at radius 3 is 2.25 bits per heavy atom. The largest absolute Gasteiger partial charge is 0.352 e. The predicted molar refractivity (Wildman–Crippen MR) is 66.8 cm³/mol. The summed E-state index contributed by atoms with van der Waals surface area (Å²) in [6, 6.07) is -0.240. The van der Waals surface area contributed by atoms with E-state index >= 15 is 0 Å². The molecule has 96 valence electrons. The van der Waals surface area contributed by atoms with Crippen LogP contribution in [0.4, 0.5) is 0 Å². The van der Waals surface area contributed by atoms with Gasteiger partial charge in [-0.25, -0.2) is 0 Å². The molecule has 0 heterocycles. The van der Waals surface area contributed by atoms with Crippen LogP contribution in [0.2, 0.25) is 0 Å². The lowest BCUT2D eigenvalue weighted by atomic mass is 10.1. The number of carbonyl (C=O) groups is 1. The van der Waals surface area contributed by atoms with Crippen LogP contribution in [0.1, 0.15) is 39.0 Å². The summed E-state index contributed by atoms with van der Waals surface area (Å²) in [7, 11) is 0. The van der Waals surface area contributed by atoms with Crippen molar-refractivity contribution in [1.82, 2.24) is 5.32 Å². The van der Waals surface area contributed by atoms with Crippen molar-refractivity contribution in [3.8, 4) is 0 Å². The second-order valence-corrected chi connectivity index (χ2v) is 4.08. The van der Waals surface area contributed by atoms with Crippen LogP contribution in [0.25, 0.3) is 0 Å². The second-order valence-electron chi connectivity index (χ2n) is 4.08.